The molecule has 2 rings (SSSR count). The number of ether oxygens (including phenoxy) is 1. The van der Waals surface area contributed by atoms with Gasteiger partial charge in [-0.1, -0.05) is 23.3 Å². The minimum atomic E-state index is -0.225. The van der Waals surface area contributed by atoms with Crippen molar-refractivity contribution in [2.45, 2.75) is 45.8 Å². The molecule has 0 aromatic heterocycles. The lowest BCUT2D eigenvalue weighted by atomic mass is 10.1. The van der Waals surface area contributed by atoms with Crippen molar-refractivity contribution in [1.82, 2.24) is 9.80 Å². The molecule has 0 aromatic carbocycles. The lowest BCUT2D eigenvalue weighted by Gasteiger charge is -2.33. The van der Waals surface area contributed by atoms with Gasteiger partial charge in [-0.3, -0.25) is 9.80 Å². The molecule has 0 spiro atoms. The third-order valence-corrected chi connectivity index (χ3v) is 4.64. The van der Waals surface area contributed by atoms with Crippen molar-refractivity contribution in [2.75, 3.05) is 45.9 Å². The van der Waals surface area contributed by atoms with E-state index in [4.69, 9.17) is 4.74 Å². The molecule has 2 aliphatic heterocycles. The average Bonchev–Trinajstić information content (AvgIpc) is 2.87. The van der Waals surface area contributed by atoms with E-state index in [2.05, 4.69) is 42.7 Å². The van der Waals surface area contributed by atoms with E-state index in [0.717, 1.165) is 58.8 Å². The minimum absolute atomic E-state index is 0.225. The monoisotopic (exact) mass is 308 g/mol. The maximum atomic E-state index is 10.3. The van der Waals surface area contributed by atoms with E-state index in [-0.39, 0.29) is 12.1 Å². The van der Waals surface area contributed by atoms with Crippen LogP contribution in [0.15, 0.2) is 23.3 Å². The Kier molecular flexibility index (Phi) is 7.09. The zero-order valence-corrected chi connectivity index (χ0v) is 14.4. The van der Waals surface area contributed by atoms with Gasteiger partial charge in [-0.05, 0) is 33.6 Å². The molecule has 0 unspecified atom stereocenters. The molecule has 4 nitrogen and oxygen atoms in total. The summed E-state index contributed by atoms with van der Waals surface area (Å²) < 4.78 is 5.40. The van der Waals surface area contributed by atoms with Gasteiger partial charge in [0, 0.05) is 38.8 Å². The summed E-state index contributed by atoms with van der Waals surface area (Å²) in [4.78, 5) is 4.76. The largest absolute Gasteiger partial charge is 0.390 e. The zero-order valence-electron chi connectivity index (χ0n) is 14.4. The lowest BCUT2D eigenvalue weighted by molar-refractivity contribution is -0.00614. The van der Waals surface area contributed by atoms with Crippen LogP contribution in [0.25, 0.3) is 0 Å². The SMILES string of the molecule is CC(C)=CCC/C(C)=C/CN1C[C@H](O)[C@@H](N2CCOCC2)C1. The van der Waals surface area contributed by atoms with Gasteiger partial charge in [-0.25, -0.2) is 0 Å². The van der Waals surface area contributed by atoms with Crippen LogP contribution in [0, 0.1) is 0 Å². The number of rotatable bonds is 6. The summed E-state index contributed by atoms with van der Waals surface area (Å²) in [6, 6.07) is 0.281. The second-order valence-corrected chi connectivity index (χ2v) is 6.87. The van der Waals surface area contributed by atoms with Crippen molar-refractivity contribution >= 4 is 0 Å². The van der Waals surface area contributed by atoms with Crippen LogP contribution >= 0.6 is 0 Å². The fraction of sp³-hybridized carbons (Fsp3) is 0.778. The van der Waals surface area contributed by atoms with Crippen LogP contribution in [-0.2, 0) is 4.74 Å². The molecule has 0 amide bonds. The molecule has 22 heavy (non-hydrogen) atoms. The fourth-order valence-corrected chi connectivity index (χ4v) is 3.24. The van der Waals surface area contributed by atoms with Crippen molar-refractivity contribution in [3.63, 3.8) is 0 Å². The first-order valence-corrected chi connectivity index (χ1v) is 8.57. The zero-order chi connectivity index (χ0) is 15.9. The topological polar surface area (TPSA) is 35.9 Å². The van der Waals surface area contributed by atoms with Gasteiger partial charge in [-0.2, -0.15) is 0 Å². The highest BCUT2D eigenvalue weighted by Gasteiger charge is 2.35. The molecular weight excluding hydrogens is 276 g/mol. The highest BCUT2D eigenvalue weighted by atomic mass is 16.5. The van der Waals surface area contributed by atoms with Crippen molar-refractivity contribution < 1.29 is 9.84 Å². The van der Waals surface area contributed by atoms with Crippen LogP contribution in [-0.4, -0.2) is 73.0 Å². The van der Waals surface area contributed by atoms with Crippen molar-refractivity contribution in [1.29, 1.82) is 0 Å². The first-order chi connectivity index (χ1) is 10.6. The number of hydrogen-bond donors (Lipinski definition) is 1. The van der Waals surface area contributed by atoms with E-state index < -0.39 is 0 Å². The smallest absolute Gasteiger partial charge is 0.0834 e. The predicted octanol–water partition coefficient (Wildman–Crippen LogP) is 2.06. The van der Waals surface area contributed by atoms with Crippen LogP contribution in [0.2, 0.25) is 0 Å². The predicted molar refractivity (Wildman–Crippen MR) is 91.0 cm³/mol. The van der Waals surface area contributed by atoms with Gasteiger partial charge in [0.1, 0.15) is 0 Å². The molecule has 2 heterocycles. The van der Waals surface area contributed by atoms with Gasteiger partial charge in [0.25, 0.3) is 0 Å². The number of nitrogens with zero attached hydrogens (tertiary/aromatic N) is 2. The highest BCUT2D eigenvalue weighted by molar-refractivity contribution is 5.04. The Hall–Kier alpha value is -0.680. The van der Waals surface area contributed by atoms with Crippen molar-refractivity contribution in [3.05, 3.63) is 23.3 Å². The van der Waals surface area contributed by atoms with E-state index in [0.29, 0.717) is 0 Å². The average molecular weight is 308 g/mol. The molecule has 0 aliphatic carbocycles. The maximum absolute atomic E-state index is 10.3. The summed E-state index contributed by atoms with van der Waals surface area (Å²) in [5.74, 6) is 0. The lowest BCUT2D eigenvalue weighted by Crippen LogP contribution is -2.48. The van der Waals surface area contributed by atoms with Crippen LogP contribution in [0.4, 0.5) is 0 Å². The number of likely N-dealkylation sites (tertiary alicyclic amines) is 1. The number of morpholine rings is 1. The van der Waals surface area contributed by atoms with E-state index in [1.807, 2.05) is 0 Å². The molecule has 4 heteroatoms. The van der Waals surface area contributed by atoms with Crippen LogP contribution in [0.1, 0.15) is 33.6 Å². The molecule has 126 valence electrons. The number of β-amino-alcohol motifs (C(OH)–C–C–N with tert-alkyl or cyclic N) is 1. The summed E-state index contributed by atoms with van der Waals surface area (Å²) >= 11 is 0. The Labute approximate surface area is 135 Å². The third kappa shape index (κ3) is 5.51. The molecule has 2 saturated heterocycles. The number of allylic oxidation sites excluding steroid dienone is 3. The van der Waals surface area contributed by atoms with E-state index in [9.17, 15) is 5.11 Å². The van der Waals surface area contributed by atoms with Crippen LogP contribution < -0.4 is 0 Å². The first kappa shape index (κ1) is 17.7. The van der Waals surface area contributed by atoms with E-state index >= 15 is 0 Å². The van der Waals surface area contributed by atoms with Gasteiger partial charge in [0.2, 0.25) is 0 Å². The first-order valence-electron chi connectivity index (χ1n) is 8.57. The summed E-state index contributed by atoms with van der Waals surface area (Å²) in [5, 5.41) is 10.3. The molecule has 0 bridgehead atoms. The van der Waals surface area contributed by atoms with E-state index in [1.165, 1.54) is 11.1 Å². The number of aliphatic hydroxyl groups is 1. The second-order valence-electron chi connectivity index (χ2n) is 6.87. The molecule has 0 aromatic rings. The third-order valence-electron chi connectivity index (χ3n) is 4.64. The Morgan fingerprint density at radius 1 is 1.14 bits per heavy atom. The van der Waals surface area contributed by atoms with Gasteiger partial charge in [0.15, 0.2) is 0 Å². The van der Waals surface area contributed by atoms with Crippen LogP contribution in [0.5, 0.6) is 0 Å². The van der Waals surface area contributed by atoms with Crippen molar-refractivity contribution in [3.8, 4) is 0 Å². The molecule has 2 fully saturated rings. The molecule has 2 atom stereocenters. The Balaban J connectivity index is 1.75. The minimum Gasteiger partial charge on any atom is -0.390 e. The molecule has 1 N–H and O–H groups in total. The van der Waals surface area contributed by atoms with Gasteiger partial charge in [-0.15, -0.1) is 0 Å². The van der Waals surface area contributed by atoms with E-state index in [1.54, 1.807) is 0 Å². The fourth-order valence-electron chi connectivity index (χ4n) is 3.24. The molecule has 2 aliphatic rings. The van der Waals surface area contributed by atoms with Gasteiger partial charge < -0.3 is 9.84 Å². The Bertz CT molecular complexity index is 396. The van der Waals surface area contributed by atoms with Crippen molar-refractivity contribution in [2.24, 2.45) is 0 Å². The quantitative estimate of drug-likeness (QED) is 0.762. The summed E-state index contributed by atoms with van der Waals surface area (Å²) in [6.07, 6.45) is 6.66. The maximum Gasteiger partial charge on any atom is 0.0834 e. The summed E-state index contributed by atoms with van der Waals surface area (Å²) in [6.45, 7) is 12.7. The standard InChI is InChI=1S/C18H32N2O2/c1-15(2)5-4-6-16(3)7-8-19-13-17(18(21)14-19)20-9-11-22-12-10-20/h5,7,17-18,21H,4,6,8-14H2,1-3H3/b16-7+/t17-,18-/m0/s1. The number of aliphatic hydroxyl groups excluding tert-OH is 1. The normalized spacial score (nSPS) is 28.1. The van der Waals surface area contributed by atoms with Crippen LogP contribution in [0.3, 0.4) is 0 Å². The highest BCUT2D eigenvalue weighted by Crippen LogP contribution is 2.18. The molecule has 0 radical (unpaired) electrons. The summed E-state index contributed by atoms with van der Waals surface area (Å²) in [5.41, 5.74) is 2.84. The van der Waals surface area contributed by atoms with Gasteiger partial charge >= 0.3 is 0 Å². The second kappa shape index (κ2) is 8.82. The van der Waals surface area contributed by atoms with Gasteiger partial charge in [0.05, 0.1) is 19.3 Å². The summed E-state index contributed by atoms with van der Waals surface area (Å²) in [7, 11) is 0. The Morgan fingerprint density at radius 2 is 1.86 bits per heavy atom. The molecule has 0 saturated carbocycles. The Morgan fingerprint density at radius 3 is 2.55 bits per heavy atom. The number of hydrogen-bond acceptors (Lipinski definition) is 4. The molecular formula is C18H32N2O2.